The lowest BCUT2D eigenvalue weighted by atomic mass is 10.0. The van der Waals surface area contributed by atoms with E-state index in [1.165, 1.54) is 0 Å². The van der Waals surface area contributed by atoms with E-state index >= 15 is 0 Å². The number of ether oxygens (including phenoxy) is 1. The summed E-state index contributed by atoms with van der Waals surface area (Å²) in [6.07, 6.45) is 0.472. The Morgan fingerprint density at radius 1 is 1.09 bits per heavy atom. The monoisotopic (exact) mass is 295 g/mol. The van der Waals surface area contributed by atoms with Gasteiger partial charge in [0.2, 0.25) is 0 Å². The zero-order valence-corrected chi connectivity index (χ0v) is 12.5. The molecule has 0 bridgehead atoms. The molecule has 0 fully saturated rings. The number of aromatic nitrogens is 1. The molecule has 0 spiro atoms. The molecule has 0 unspecified atom stereocenters. The first kappa shape index (κ1) is 14.2. The second-order valence-electron chi connectivity index (χ2n) is 5.25. The van der Waals surface area contributed by atoms with Gasteiger partial charge in [-0.05, 0) is 36.8 Å². The SMILES string of the molecule is COc1ccc(Cc2c(C)n(O)c3ccccc3c2=O)cc1. The van der Waals surface area contributed by atoms with Gasteiger partial charge in [-0.3, -0.25) is 4.79 Å². The molecule has 22 heavy (non-hydrogen) atoms. The van der Waals surface area contributed by atoms with Gasteiger partial charge in [0.05, 0.1) is 18.3 Å². The summed E-state index contributed by atoms with van der Waals surface area (Å²) in [4.78, 5) is 12.7. The molecule has 0 atom stereocenters. The van der Waals surface area contributed by atoms with Crippen molar-refractivity contribution in [2.75, 3.05) is 7.11 Å². The van der Waals surface area contributed by atoms with Gasteiger partial charge in [0, 0.05) is 17.4 Å². The first-order valence-corrected chi connectivity index (χ1v) is 7.07. The number of nitrogens with zero attached hydrogens (tertiary/aromatic N) is 1. The van der Waals surface area contributed by atoms with Crippen molar-refractivity contribution in [2.24, 2.45) is 0 Å². The van der Waals surface area contributed by atoms with Crippen molar-refractivity contribution in [1.29, 1.82) is 0 Å². The van der Waals surface area contributed by atoms with Crippen LogP contribution in [0, 0.1) is 6.92 Å². The minimum atomic E-state index is -0.0331. The number of rotatable bonds is 3. The largest absolute Gasteiger partial charge is 0.497 e. The van der Waals surface area contributed by atoms with Crippen LogP contribution in [0.4, 0.5) is 0 Å². The molecular formula is C18H17NO3. The lowest BCUT2D eigenvalue weighted by Gasteiger charge is -2.13. The third-order valence-corrected chi connectivity index (χ3v) is 3.95. The third kappa shape index (κ3) is 2.33. The van der Waals surface area contributed by atoms with Crippen LogP contribution < -0.4 is 10.2 Å². The molecule has 2 aromatic carbocycles. The number of fused-ring (bicyclic) bond motifs is 1. The molecule has 112 valence electrons. The first-order chi connectivity index (χ1) is 10.6. The Bertz CT molecular complexity index is 879. The predicted molar refractivity (Wildman–Crippen MR) is 85.9 cm³/mol. The molecule has 4 heteroatoms. The molecule has 0 aliphatic rings. The van der Waals surface area contributed by atoms with E-state index in [1.807, 2.05) is 24.3 Å². The van der Waals surface area contributed by atoms with Crippen molar-refractivity contribution >= 4 is 10.9 Å². The normalized spacial score (nSPS) is 10.8. The van der Waals surface area contributed by atoms with Crippen molar-refractivity contribution in [3.63, 3.8) is 0 Å². The zero-order valence-electron chi connectivity index (χ0n) is 12.5. The molecule has 0 radical (unpaired) electrons. The molecule has 0 saturated heterocycles. The Morgan fingerprint density at radius 2 is 1.77 bits per heavy atom. The van der Waals surface area contributed by atoms with E-state index in [1.54, 1.807) is 38.3 Å². The number of benzene rings is 2. The maximum absolute atomic E-state index is 12.7. The Kier molecular flexibility index (Phi) is 3.59. The van der Waals surface area contributed by atoms with Gasteiger partial charge in [0.15, 0.2) is 5.43 Å². The van der Waals surface area contributed by atoms with Crippen LogP contribution in [0.5, 0.6) is 5.75 Å². The van der Waals surface area contributed by atoms with Crippen LogP contribution in [-0.2, 0) is 6.42 Å². The van der Waals surface area contributed by atoms with E-state index in [-0.39, 0.29) is 5.43 Å². The molecule has 0 amide bonds. The lowest BCUT2D eigenvalue weighted by molar-refractivity contribution is 0.190. The maximum atomic E-state index is 12.7. The van der Waals surface area contributed by atoms with E-state index in [9.17, 15) is 10.0 Å². The second kappa shape index (κ2) is 5.56. The van der Waals surface area contributed by atoms with Gasteiger partial charge >= 0.3 is 0 Å². The number of para-hydroxylation sites is 1. The molecule has 4 nitrogen and oxygen atoms in total. The van der Waals surface area contributed by atoms with Crippen LogP contribution in [0.25, 0.3) is 10.9 Å². The van der Waals surface area contributed by atoms with Crippen LogP contribution in [0.2, 0.25) is 0 Å². The van der Waals surface area contributed by atoms with E-state index in [0.717, 1.165) is 16.0 Å². The summed E-state index contributed by atoms with van der Waals surface area (Å²) < 4.78 is 6.23. The van der Waals surface area contributed by atoms with Crippen molar-refractivity contribution in [3.8, 4) is 5.75 Å². The summed E-state index contributed by atoms with van der Waals surface area (Å²) in [5, 5.41) is 10.8. The highest BCUT2D eigenvalue weighted by Crippen LogP contribution is 2.18. The number of hydrogen-bond donors (Lipinski definition) is 1. The van der Waals surface area contributed by atoms with Crippen molar-refractivity contribution < 1.29 is 9.94 Å². The van der Waals surface area contributed by atoms with E-state index < -0.39 is 0 Å². The molecule has 3 rings (SSSR count). The quantitative estimate of drug-likeness (QED) is 0.755. The highest BCUT2D eigenvalue weighted by atomic mass is 16.5. The minimum Gasteiger partial charge on any atom is -0.497 e. The van der Waals surface area contributed by atoms with Gasteiger partial charge < -0.3 is 9.94 Å². The Labute approximate surface area is 128 Å². The predicted octanol–water partition coefficient (Wildman–Crippen LogP) is 3.15. The first-order valence-electron chi connectivity index (χ1n) is 7.07. The highest BCUT2D eigenvalue weighted by Gasteiger charge is 2.13. The third-order valence-electron chi connectivity index (χ3n) is 3.95. The fourth-order valence-corrected chi connectivity index (χ4v) is 2.64. The Hall–Kier alpha value is -2.75. The standard InChI is InChI=1S/C18H17NO3/c1-12-16(11-13-7-9-14(22-2)10-8-13)18(20)15-5-3-4-6-17(15)19(12)21/h3-10,21H,11H2,1-2H3. The maximum Gasteiger partial charge on any atom is 0.193 e. The molecule has 1 heterocycles. The van der Waals surface area contributed by atoms with Crippen LogP contribution >= 0.6 is 0 Å². The van der Waals surface area contributed by atoms with Crippen molar-refractivity contribution in [3.05, 3.63) is 75.6 Å². The van der Waals surface area contributed by atoms with Crippen LogP contribution in [0.1, 0.15) is 16.8 Å². The number of hydrogen-bond acceptors (Lipinski definition) is 3. The van der Waals surface area contributed by atoms with Gasteiger partial charge in [-0.2, -0.15) is 4.73 Å². The van der Waals surface area contributed by atoms with Crippen LogP contribution in [0.3, 0.4) is 0 Å². The van der Waals surface area contributed by atoms with Gasteiger partial charge in [0.1, 0.15) is 5.75 Å². The summed E-state index contributed by atoms with van der Waals surface area (Å²) in [5.41, 5.74) is 2.67. The minimum absolute atomic E-state index is 0.0331. The summed E-state index contributed by atoms with van der Waals surface area (Å²) >= 11 is 0. The van der Waals surface area contributed by atoms with Crippen molar-refractivity contribution in [2.45, 2.75) is 13.3 Å². The Morgan fingerprint density at radius 3 is 2.45 bits per heavy atom. The average Bonchev–Trinajstić information content (AvgIpc) is 2.57. The lowest BCUT2D eigenvalue weighted by Crippen LogP contribution is -2.18. The van der Waals surface area contributed by atoms with Gasteiger partial charge in [-0.25, -0.2) is 0 Å². The molecule has 0 aliphatic carbocycles. The fourth-order valence-electron chi connectivity index (χ4n) is 2.64. The number of methoxy groups -OCH3 is 1. The molecule has 0 saturated carbocycles. The summed E-state index contributed by atoms with van der Waals surface area (Å²) in [7, 11) is 1.62. The van der Waals surface area contributed by atoms with Gasteiger partial charge in [0.25, 0.3) is 0 Å². The summed E-state index contributed by atoms with van der Waals surface area (Å²) in [6, 6.07) is 14.7. The average molecular weight is 295 g/mol. The molecule has 0 aliphatic heterocycles. The summed E-state index contributed by atoms with van der Waals surface area (Å²) in [6.45, 7) is 1.76. The smallest absolute Gasteiger partial charge is 0.193 e. The van der Waals surface area contributed by atoms with Gasteiger partial charge in [-0.15, -0.1) is 0 Å². The van der Waals surface area contributed by atoms with E-state index in [0.29, 0.717) is 28.6 Å². The second-order valence-corrected chi connectivity index (χ2v) is 5.25. The van der Waals surface area contributed by atoms with Crippen LogP contribution in [-0.4, -0.2) is 17.0 Å². The summed E-state index contributed by atoms with van der Waals surface area (Å²) in [5.74, 6) is 0.776. The molecule has 1 N–H and O–H groups in total. The molecule has 3 aromatic rings. The zero-order chi connectivity index (χ0) is 15.7. The highest BCUT2D eigenvalue weighted by molar-refractivity contribution is 5.79. The molecule has 1 aromatic heterocycles. The Balaban J connectivity index is 2.12. The molecular weight excluding hydrogens is 278 g/mol. The fraction of sp³-hybridized carbons (Fsp3) is 0.167. The topological polar surface area (TPSA) is 51.5 Å². The van der Waals surface area contributed by atoms with Crippen LogP contribution in [0.15, 0.2) is 53.3 Å². The van der Waals surface area contributed by atoms with E-state index in [2.05, 4.69) is 0 Å². The van der Waals surface area contributed by atoms with Gasteiger partial charge in [-0.1, -0.05) is 24.3 Å². The van der Waals surface area contributed by atoms with E-state index in [4.69, 9.17) is 4.74 Å². The number of pyridine rings is 1. The van der Waals surface area contributed by atoms with Crippen molar-refractivity contribution in [1.82, 2.24) is 4.73 Å².